The van der Waals surface area contributed by atoms with Gasteiger partial charge in [0.15, 0.2) is 0 Å². The standard InChI is InChI=1S/C15H21N3/c1-3-4-5-10-18(2)15-8-9-17-14-11-12(16)6-7-13(14)15/h6-9,11H,3-5,10,16H2,1-2H3. The number of hydrogen-bond donors (Lipinski definition) is 1. The highest BCUT2D eigenvalue weighted by molar-refractivity contribution is 5.93. The van der Waals surface area contributed by atoms with Crippen molar-refractivity contribution in [1.82, 2.24) is 4.98 Å². The number of hydrogen-bond acceptors (Lipinski definition) is 3. The van der Waals surface area contributed by atoms with Gasteiger partial charge in [-0.3, -0.25) is 4.98 Å². The highest BCUT2D eigenvalue weighted by Gasteiger charge is 2.06. The van der Waals surface area contributed by atoms with Gasteiger partial charge in [0.25, 0.3) is 0 Å². The van der Waals surface area contributed by atoms with E-state index >= 15 is 0 Å². The molecule has 1 heterocycles. The second kappa shape index (κ2) is 5.71. The van der Waals surface area contributed by atoms with Crippen LogP contribution in [0.3, 0.4) is 0 Å². The summed E-state index contributed by atoms with van der Waals surface area (Å²) in [7, 11) is 2.14. The minimum atomic E-state index is 0.765. The number of nitrogen functional groups attached to an aromatic ring is 1. The molecule has 0 unspecified atom stereocenters. The Morgan fingerprint density at radius 3 is 2.83 bits per heavy atom. The predicted molar refractivity (Wildman–Crippen MR) is 79.0 cm³/mol. The van der Waals surface area contributed by atoms with Crippen molar-refractivity contribution in [3.8, 4) is 0 Å². The van der Waals surface area contributed by atoms with Gasteiger partial charge < -0.3 is 10.6 Å². The van der Waals surface area contributed by atoms with Gasteiger partial charge in [-0.15, -0.1) is 0 Å². The van der Waals surface area contributed by atoms with Gasteiger partial charge in [-0.05, 0) is 30.7 Å². The first-order chi connectivity index (χ1) is 8.72. The fourth-order valence-electron chi connectivity index (χ4n) is 2.20. The number of nitrogens with two attached hydrogens (primary N) is 1. The van der Waals surface area contributed by atoms with Crippen molar-refractivity contribution in [2.45, 2.75) is 26.2 Å². The van der Waals surface area contributed by atoms with E-state index in [0.29, 0.717) is 0 Å². The van der Waals surface area contributed by atoms with Crippen LogP contribution in [0.25, 0.3) is 10.9 Å². The van der Waals surface area contributed by atoms with E-state index in [2.05, 4.69) is 36.0 Å². The molecule has 0 aliphatic carbocycles. The minimum absolute atomic E-state index is 0.765. The average molecular weight is 243 g/mol. The van der Waals surface area contributed by atoms with Crippen LogP contribution in [0.4, 0.5) is 11.4 Å². The lowest BCUT2D eigenvalue weighted by molar-refractivity contribution is 0.706. The fraction of sp³-hybridized carbons (Fsp3) is 0.400. The number of pyridine rings is 1. The molecule has 0 bridgehead atoms. The monoisotopic (exact) mass is 243 g/mol. The Labute approximate surface area is 109 Å². The molecule has 0 radical (unpaired) electrons. The lowest BCUT2D eigenvalue weighted by Crippen LogP contribution is -2.18. The molecule has 0 aliphatic rings. The average Bonchev–Trinajstić information content (AvgIpc) is 2.37. The van der Waals surface area contributed by atoms with Crippen LogP contribution in [0.1, 0.15) is 26.2 Å². The summed E-state index contributed by atoms with van der Waals surface area (Å²) in [6, 6.07) is 8.00. The van der Waals surface area contributed by atoms with E-state index in [0.717, 1.165) is 17.7 Å². The third kappa shape index (κ3) is 2.73. The van der Waals surface area contributed by atoms with Crippen molar-refractivity contribution in [3.05, 3.63) is 30.5 Å². The first kappa shape index (κ1) is 12.7. The van der Waals surface area contributed by atoms with Gasteiger partial charge in [0.05, 0.1) is 5.52 Å². The molecule has 0 saturated heterocycles. The van der Waals surface area contributed by atoms with Crippen LogP contribution in [0.5, 0.6) is 0 Å². The van der Waals surface area contributed by atoms with Gasteiger partial charge >= 0.3 is 0 Å². The zero-order valence-corrected chi connectivity index (χ0v) is 11.2. The molecule has 0 atom stereocenters. The molecule has 96 valence electrons. The van der Waals surface area contributed by atoms with E-state index in [1.807, 2.05) is 18.3 Å². The normalized spacial score (nSPS) is 10.8. The third-order valence-electron chi connectivity index (χ3n) is 3.25. The Morgan fingerprint density at radius 2 is 2.06 bits per heavy atom. The fourth-order valence-corrected chi connectivity index (χ4v) is 2.20. The minimum Gasteiger partial charge on any atom is -0.399 e. The van der Waals surface area contributed by atoms with E-state index < -0.39 is 0 Å². The molecule has 3 heteroatoms. The number of anilines is 2. The Balaban J connectivity index is 2.27. The summed E-state index contributed by atoms with van der Waals surface area (Å²) in [6.07, 6.45) is 5.61. The van der Waals surface area contributed by atoms with Crippen LogP contribution in [-0.2, 0) is 0 Å². The van der Waals surface area contributed by atoms with Gasteiger partial charge in [0, 0.05) is 36.6 Å². The summed E-state index contributed by atoms with van der Waals surface area (Å²) in [6.45, 7) is 3.31. The third-order valence-corrected chi connectivity index (χ3v) is 3.25. The maximum absolute atomic E-state index is 5.79. The Kier molecular flexibility index (Phi) is 4.03. The summed E-state index contributed by atoms with van der Waals surface area (Å²) in [4.78, 5) is 6.68. The second-order valence-corrected chi connectivity index (χ2v) is 4.74. The molecule has 18 heavy (non-hydrogen) atoms. The van der Waals surface area contributed by atoms with Gasteiger partial charge in [-0.1, -0.05) is 19.8 Å². The maximum Gasteiger partial charge on any atom is 0.0743 e. The van der Waals surface area contributed by atoms with Crippen LogP contribution < -0.4 is 10.6 Å². The first-order valence-electron chi connectivity index (χ1n) is 6.57. The van der Waals surface area contributed by atoms with Crippen molar-refractivity contribution in [2.24, 2.45) is 0 Å². The first-order valence-corrected chi connectivity index (χ1v) is 6.57. The summed E-state index contributed by atoms with van der Waals surface area (Å²) in [5.74, 6) is 0. The lowest BCUT2D eigenvalue weighted by Gasteiger charge is -2.20. The molecule has 2 N–H and O–H groups in total. The van der Waals surface area contributed by atoms with Crippen LogP contribution in [0.15, 0.2) is 30.5 Å². The number of rotatable bonds is 5. The van der Waals surface area contributed by atoms with Crippen molar-refractivity contribution in [2.75, 3.05) is 24.2 Å². The number of fused-ring (bicyclic) bond motifs is 1. The molecule has 0 amide bonds. The second-order valence-electron chi connectivity index (χ2n) is 4.74. The van der Waals surface area contributed by atoms with Crippen LogP contribution in [0, 0.1) is 0 Å². The quantitative estimate of drug-likeness (QED) is 0.646. The number of aromatic nitrogens is 1. The molecular weight excluding hydrogens is 222 g/mol. The number of benzene rings is 1. The Hall–Kier alpha value is -1.77. The van der Waals surface area contributed by atoms with Crippen molar-refractivity contribution >= 4 is 22.3 Å². The van der Waals surface area contributed by atoms with E-state index in [1.54, 1.807) is 0 Å². The molecule has 0 aliphatic heterocycles. The zero-order valence-electron chi connectivity index (χ0n) is 11.2. The molecule has 1 aromatic heterocycles. The summed E-state index contributed by atoms with van der Waals surface area (Å²) < 4.78 is 0. The summed E-state index contributed by atoms with van der Waals surface area (Å²) in [5, 5.41) is 1.17. The van der Waals surface area contributed by atoms with Crippen molar-refractivity contribution in [3.63, 3.8) is 0 Å². The van der Waals surface area contributed by atoms with Gasteiger partial charge in [0.2, 0.25) is 0 Å². The molecule has 3 nitrogen and oxygen atoms in total. The van der Waals surface area contributed by atoms with Crippen molar-refractivity contribution < 1.29 is 0 Å². The molecule has 0 spiro atoms. The van der Waals surface area contributed by atoms with E-state index in [1.165, 1.54) is 30.3 Å². The molecule has 0 fully saturated rings. The Bertz CT molecular complexity index is 522. The lowest BCUT2D eigenvalue weighted by atomic mass is 10.1. The SMILES string of the molecule is CCCCCN(C)c1ccnc2cc(N)ccc12. The van der Waals surface area contributed by atoms with Gasteiger partial charge in [-0.25, -0.2) is 0 Å². The van der Waals surface area contributed by atoms with Gasteiger partial charge in [-0.2, -0.15) is 0 Å². The summed E-state index contributed by atoms with van der Waals surface area (Å²) in [5.41, 5.74) is 8.76. The van der Waals surface area contributed by atoms with Gasteiger partial charge in [0.1, 0.15) is 0 Å². The zero-order chi connectivity index (χ0) is 13.0. The highest BCUT2D eigenvalue weighted by atomic mass is 15.1. The molecule has 0 saturated carbocycles. The smallest absolute Gasteiger partial charge is 0.0743 e. The maximum atomic E-state index is 5.79. The van der Waals surface area contributed by atoms with E-state index in [4.69, 9.17) is 5.73 Å². The highest BCUT2D eigenvalue weighted by Crippen LogP contribution is 2.26. The van der Waals surface area contributed by atoms with Crippen LogP contribution in [-0.4, -0.2) is 18.6 Å². The van der Waals surface area contributed by atoms with Crippen molar-refractivity contribution in [1.29, 1.82) is 0 Å². The molecule has 2 rings (SSSR count). The largest absolute Gasteiger partial charge is 0.399 e. The topological polar surface area (TPSA) is 42.2 Å². The van der Waals surface area contributed by atoms with E-state index in [9.17, 15) is 0 Å². The predicted octanol–water partition coefficient (Wildman–Crippen LogP) is 3.44. The Morgan fingerprint density at radius 1 is 1.22 bits per heavy atom. The van der Waals surface area contributed by atoms with E-state index in [-0.39, 0.29) is 0 Å². The van der Waals surface area contributed by atoms with Crippen LogP contribution >= 0.6 is 0 Å². The molecular formula is C15H21N3. The summed E-state index contributed by atoms with van der Waals surface area (Å²) >= 11 is 0. The number of nitrogens with zero attached hydrogens (tertiary/aromatic N) is 2. The van der Waals surface area contributed by atoms with Crippen LogP contribution in [0.2, 0.25) is 0 Å². The molecule has 1 aromatic carbocycles. The molecule has 2 aromatic rings. The number of unbranched alkanes of at least 4 members (excludes halogenated alkanes) is 2.